The molecule has 0 aliphatic carbocycles. The molecule has 5 heteroatoms. The summed E-state index contributed by atoms with van der Waals surface area (Å²) in [6.07, 6.45) is 0.311. The average molecular weight is 296 g/mol. The lowest BCUT2D eigenvalue weighted by molar-refractivity contribution is 0.0746. The Morgan fingerprint density at radius 3 is 2.76 bits per heavy atom. The van der Waals surface area contributed by atoms with Gasteiger partial charge in [-0.05, 0) is 25.1 Å². The smallest absolute Gasteiger partial charge is 0.253 e. The molecule has 0 fully saturated rings. The molecule has 90 valence electrons. The Balaban J connectivity index is 2.93. The number of nitrogens with zero attached hydrogens (tertiary/aromatic N) is 2. The second kappa shape index (κ2) is 5.69. The van der Waals surface area contributed by atoms with Crippen molar-refractivity contribution in [3.63, 3.8) is 0 Å². The molecule has 4 nitrogen and oxygen atoms in total. The first kappa shape index (κ1) is 13.5. The van der Waals surface area contributed by atoms with E-state index in [0.717, 1.165) is 4.47 Å². The maximum Gasteiger partial charge on any atom is 0.253 e. The zero-order valence-corrected chi connectivity index (χ0v) is 11.4. The first-order chi connectivity index (χ1) is 7.95. The van der Waals surface area contributed by atoms with Gasteiger partial charge in [0, 0.05) is 28.8 Å². The van der Waals surface area contributed by atoms with Crippen LogP contribution in [0.5, 0.6) is 0 Å². The summed E-state index contributed by atoms with van der Waals surface area (Å²) in [5.74, 6) is -0.138. The van der Waals surface area contributed by atoms with E-state index in [0.29, 0.717) is 17.7 Å². The Labute approximate surface area is 109 Å². The maximum atomic E-state index is 12.1. The standard InChI is InChI=1S/C12H14BrN3O/c1-8(3-4-14)16(2)12(17)9-5-10(13)7-11(15)6-9/h5-8H,3,15H2,1-2H3. The van der Waals surface area contributed by atoms with Crippen LogP contribution in [0.1, 0.15) is 23.7 Å². The topological polar surface area (TPSA) is 70.1 Å². The Bertz CT molecular complexity index is 447. The second-order valence-electron chi connectivity index (χ2n) is 3.90. The third kappa shape index (κ3) is 3.46. The molecule has 0 aliphatic rings. The van der Waals surface area contributed by atoms with E-state index in [4.69, 9.17) is 11.0 Å². The summed E-state index contributed by atoms with van der Waals surface area (Å²) in [7, 11) is 1.68. The SMILES string of the molecule is CC(CC#N)N(C)C(=O)c1cc(N)cc(Br)c1. The fourth-order valence-corrected chi connectivity index (χ4v) is 1.92. The van der Waals surface area contributed by atoms with Gasteiger partial charge in [-0.3, -0.25) is 4.79 Å². The third-order valence-electron chi connectivity index (χ3n) is 2.54. The van der Waals surface area contributed by atoms with Crippen molar-refractivity contribution in [2.45, 2.75) is 19.4 Å². The first-order valence-electron chi connectivity index (χ1n) is 5.16. The fraction of sp³-hybridized carbons (Fsp3) is 0.333. The van der Waals surface area contributed by atoms with Crippen LogP contribution < -0.4 is 5.73 Å². The zero-order chi connectivity index (χ0) is 13.0. The monoisotopic (exact) mass is 295 g/mol. The summed E-state index contributed by atoms with van der Waals surface area (Å²) >= 11 is 3.30. The summed E-state index contributed by atoms with van der Waals surface area (Å²) in [4.78, 5) is 13.7. The molecule has 0 bridgehead atoms. The minimum Gasteiger partial charge on any atom is -0.399 e. The minimum absolute atomic E-state index is 0.118. The molecule has 0 aromatic heterocycles. The molecule has 1 atom stereocenters. The molecular weight excluding hydrogens is 282 g/mol. The summed E-state index contributed by atoms with van der Waals surface area (Å²) in [5, 5.41) is 8.61. The molecule has 2 N–H and O–H groups in total. The highest BCUT2D eigenvalue weighted by atomic mass is 79.9. The lowest BCUT2D eigenvalue weighted by Crippen LogP contribution is -2.34. The second-order valence-corrected chi connectivity index (χ2v) is 4.82. The van der Waals surface area contributed by atoms with Crippen LogP contribution in [0.15, 0.2) is 22.7 Å². The predicted octanol–water partition coefficient (Wildman–Crippen LogP) is 2.41. The van der Waals surface area contributed by atoms with Crippen molar-refractivity contribution in [1.29, 1.82) is 5.26 Å². The van der Waals surface area contributed by atoms with Crippen molar-refractivity contribution in [1.82, 2.24) is 4.90 Å². The first-order valence-corrected chi connectivity index (χ1v) is 5.95. The molecule has 17 heavy (non-hydrogen) atoms. The van der Waals surface area contributed by atoms with Gasteiger partial charge in [0.2, 0.25) is 0 Å². The van der Waals surface area contributed by atoms with E-state index in [9.17, 15) is 4.79 Å². The lowest BCUT2D eigenvalue weighted by atomic mass is 10.1. The molecule has 0 spiro atoms. The highest BCUT2D eigenvalue weighted by Crippen LogP contribution is 2.19. The molecule has 0 heterocycles. The maximum absolute atomic E-state index is 12.1. The van der Waals surface area contributed by atoms with Crippen LogP contribution in [0.25, 0.3) is 0 Å². The van der Waals surface area contributed by atoms with Gasteiger partial charge in [-0.1, -0.05) is 15.9 Å². The number of anilines is 1. The zero-order valence-electron chi connectivity index (χ0n) is 9.77. The quantitative estimate of drug-likeness (QED) is 0.871. The van der Waals surface area contributed by atoms with Crippen molar-refractivity contribution in [3.8, 4) is 6.07 Å². The van der Waals surface area contributed by atoms with E-state index in [1.54, 1.807) is 30.1 Å². The third-order valence-corrected chi connectivity index (χ3v) is 2.99. The number of hydrogen-bond donors (Lipinski definition) is 1. The van der Waals surface area contributed by atoms with Gasteiger partial charge >= 0.3 is 0 Å². The van der Waals surface area contributed by atoms with Gasteiger partial charge in [-0.15, -0.1) is 0 Å². The number of carbonyl (C=O) groups is 1. The van der Waals surface area contributed by atoms with E-state index in [1.165, 1.54) is 0 Å². The van der Waals surface area contributed by atoms with Gasteiger partial charge in [-0.2, -0.15) is 5.26 Å². The Morgan fingerprint density at radius 1 is 1.59 bits per heavy atom. The number of nitrogen functional groups attached to an aromatic ring is 1. The highest BCUT2D eigenvalue weighted by Gasteiger charge is 2.17. The minimum atomic E-state index is -0.138. The Hall–Kier alpha value is -1.54. The molecular formula is C12H14BrN3O. The van der Waals surface area contributed by atoms with E-state index in [-0.39, 0.29) is 11.9 Å². The van der Waals surface area contributed by atoms with Crippen LogP contribution in [-0.4, -0.2) is 23.9 Å². The van der Waals surface area contributed by atoms with Crippen molar-refractivity contribution < 1.29 is 4.79 Å². The predicted molar refractivity (Wildman–Crippen MR) is 70.3 cm³/mol. The van der Waals surface area contributed by atoms with Crippen LogP contribution in [0.2, 0.25) is 0 Å². The number of nitrogens with two attached hydrogens (primary N) is 1. The van der Waals surface area contributed by atoms with Gasteiger partial charge in [0.25, 0.3) is 5.91 Å². The van der Waals surface area contributed by atoms with Crippen LogP contribution >= 0.6 is 15.9 Å². The van der Waals surface area contributed by atoms with Crippen molar-refractivity contribution in [2.75, 3.05) is 12.8 Å². The molecule has 0 saturated heterocycles. The van der Waals surface area contributed by atoms with Gasteiger partial charge in [-0.25, -0.2) is 0 Å². The van der Waals surface area contributed by atoms with E-state index in [2.05, 4.69) is 15.9 Å². The largest absolute Gasteiger partial charge is 0.399 e. The average Bonchev–Trinajstić information content (AvgIpc) is 2.26. The van der Waals surface area contributed by atoms with Gasteiger partial charge in [0.1, 0.15) is 0 Å². The Kier molecular flexibility index (Phi) is 4.53. The summed E-state index contributed by atoms with van der Waals surface area (Å²) < 4.78 is 0.766. The molecule has 1 amide bonds. The van der Waals surface area contributed by atoms with E-state index in [1.807, 2.05) is 13.0 Å². The number of hydrogen-bond acceptors (Lipinski definition) is 3. The molecule has 0 saturated carbocycles. The van der Waals surface area contributed by atoms with E-state index >= 15 is 0 Å². The number of benzene rings is 1. The highest BCUT2D eigenvalue weighted by molar-refractivity contribution is 9.10. The fourth-order valence-electron chi connectivity index (χ4n) is 1.41. The van der Waals surface area contributed by atoms with Gasteiger partial charge in [0.05, 0.1) is 12.5 Å². The summed E-state index contributed by atoms with van der Waals surface area (Å²) in [6.45, 7) is 1.84. The van der Waals surface area contributed by atoms with Crippen molar-refractivity contribution in [3.05, 3.63) is 28.2 Å². The summed E-state index contributed by atoms with van der Waals surface area (Å²) in [6, 6.07) is 7.01. The summed E-state index contributed by atoms with van der Waals surface area (Å²) in [5.41, 5.74) is 6.73. The van der Waals surface area contributed by atoms with Gasteiger partial charge < -0.3 is 10.6 Å². The molecule has 1 aromatic carbocycles. The van der Waals surface area contributed by atoms with E-state index < -0.39 is 0 Å². The molecule has 0 aliphatic heterocycles. The van der Waals surface area contributed by atoms with Crippen molar-refractivity contribution in [2.24, 2.45) is 0 Å². The Morgan fingerprint density at radius 2 is 2.24 bits per heavy atom. The number of rotatable bonds is 3. The molecule has 0 radical (unpaired) electrons. The molecule has 1 aromatic rings. The van der Waals surface area contributed by atoms with Crippen LogP contribution in [0, 0.1) is 11.3 Å². The normalized spacial score (nSPS) is 11.6. The van der Waals surface area contributed by atoms with Crippen LogP contribution in [0.4, 0.5) is 5.69 Å². The lowest BCUT2D eigenvalue weighted by Gasteiger charge is -2.23. The molecule has 1 unspecified atom stereocenters. The van der Waals surface area contributed by atoms with Crippen LogP contribution in [-0.2, 0) is 0 Å². The van der Waals surface area contributed by atoms with Crippen LogP contribution in [0.3, 0.4) is 0 Å². The van der Waals surface area contributed by atoms with Crippen molar-refractivity contribution >= 4 is 27.5 Å². The number of nitriles is 1. The van der Waals surface area contributed by atoms with Gasteiger partial charge in [0.15, 0.2) is 0 Å². The number of halogens is 1. The molecule has 1 rings (SSSR count). The number of amides is 1. The number of carbonyl (C=O) groups excluding carboxylic acids is 1.